The topological polar surface area (TPSA) is 49.8 Å². The van der Waals surface area contributed by atoms with Gasteiger partial charge in [-0.2, -0.15) is 0 Å². The number of piperidine rings is 3. The molecule has 4 nitrogen and oxygen atoms in total. The number of carbonyl (C=O) groups is 1. The van der Waals surface area contributed by atoms with Crippen molar-refractivity contribution >= 4 is 5.97 Å². The van der Waals surface area contributed by atoms with Crippen molar-refractivity contribution in [3.05, 3.63) is 71.8 Å². The summed E-state index contributed by atoms with van der Waals surface area (Å²) in [6.45, 7) is 2.69. The number of hydrogen-bond acceptors (Lipinski definition) is 4. The predicted molar refractivity (Wildman–Crippen MR) is 101 cm³/mol. The molecule has 2 aromatic carbocycles. The van der Waals surface area contributed by atoms with Gasteiger partial charge in [-0.25, -0.2) is 0 Å². The molecule has 3 aliphatic rings. The summed E-state index contributed by atoms with van der Waals surface area (Å²) >= 11 is 0. The summed E-state index contributed by atoms with van der Waals surface area (Å²) in [7, 11) is 0. The molecule has 0 saturated carbocycles. The summed E-state index contributed by atoms with van der Waals surface area (Å²) < 4.78 is 6.05. The van der Waals surface area contributed by atoms with Crippen molar-refractivity contribution in [3.8, 4) is 0 Å². The van der Waals surface area contributed by atoms with Crippen LogP contribution in [-0.2, 0) is 14.9 Å². The highest BCUT2D eigenvalue weighted by molar-refractivity contribution is 5.88. The molecule has 0 aromatic heterocycles. The Morgan fingerprint density at radius 3 is 1.96 bits per heavy atom. The monoisotopic (exact) mass is 387 g/mol. The van der Waals surface area contributed by atoms with Gasteiger partial charge >= 0.3 is 7.40 Å². The first kappa shape index (κ1) is 19.9. The summed E-state index contributed by atoms with van der Waals surface area (Å²) in [6.07, 6.45) is 2.09. The van der Waals surface area contributed by atoms with E-state index < -0.39 is 5.41 Å². The molecule has 3 saturated heterocycles. The van der Waals surface area contributed by atoms with E-state index in [4.69, 9.17) is 4.74 Å². The third kappa shape index (κ3) is 3.62. The van der Waals surface area contributed by atoms with Gasteiger partial charge in [0.05, 0.1) is 6.61 Å². The van der Waals surface area contributed by atoms with Gasteiger partial charge in [0, 0.05) is 6.54 Å². The Hall–Kier alpha value is -1.88. The smallest absolute Gasteiger partial charge is 1.00 e. The molecule has 3 heterocycles. The number of benzene rings is 2. The molecule has 5 heteroatoms. The largest absolute Gasteiger partial charge is 1.00 e. The Morgan fingerprint density at radius 2 is 1.56 bits per heavy atom. The molecule has 1 atom stereocenters. The maximum Gasteiger partial charge on any atom is 1.00 e. The lowest BCUT2D eigenvalue weighted by atomic mass is 9.75. The highest BCUT2D eigenvalue weighted by Gasteiger charge is 2.46. The predicted octanol–water partition coefficient (Wildman–Crippen LogP) is -0.281. The molecule has 2 bridgehead atoms. The normalized spacial score (nSPS) is 24.1. The molecular weight excluding hydrogens is 362 g/mol. The van der Waals surface area contributed by atoms with Crippen LogP contribution in [0.5, 0.6) is 0 Å². The van der Waals surface area contributed by atoms with Gasteiger partial charge in [-0.3, -0.25) is 9.69 Å². The van der Waals surface area contributed by atoms with Gasteiger partial charge in [-0.1, -0.05) is 60.7 Å². The molecule has 2 aromatic rings. The number of aliphatic hydroxyl groups excluding tert-OH is 1. The van der Waals surface area contributed by atoms with E-state index in [-0.39, 0.29) is 32.5 Å². The second-order valence-electron chi connectivity index (χ2n) is 7.38. The fourth-order valence-electron chi connectivity index (χ4n) is 4.38. The van der Waals surface area contributed by atoms with Crippen molar-refractivity contribution in [2.24, 2.45) is 5.92 Å². The zero-order valence-electron chi connectivity index (χ0n) is 16.3. The molecule has 1 N–H and O–H groups in total. The number of halogens is 1. The van der Waals surface area contributed by atoms with Crippen LogP contribution in [0.25, 0.3) is 0 Å². The first-order valence-corrected chi connectivity index (χ1v) is 9.39. The Kier molecular flexibility index (Phi) is 6.20. The van der Waals surface area contributed by atoms with Crippen LogP contribution in [0.2, 0.25) is 0 Å². The number of aliphatic hydroxyl groups is 1. The van der Waals surface area contributed by atoms with E-state index >= 15 is 0 Å². The van der Waals surface area contributed by atoms with E-state index in [1.807, 2.05) is 60.7 Å². The van der Waals surface area contributed by atoms with Crippen LogP contribution < -0.4 is 12.4 Å². The number of fused-ring (bicyclic) bond motifs is 3. The summed E-state index contributed by atoms with van der Waals surface area (Å²) in [5.74, 6) is 0.0861. The molecule has 0 radical (unpaired) electrons. The minimum Gasteiger partial charge on any atom is -1.00 e. The molecule has 3 fully saturated rings. The van der Waals surface area contributed by atoms with E-state index in [0.717, 1.165) is 43.6 Å². The van der Waals surface area contributed by atoms with E-state index in [2.05, 4.69) is 4.90 Å². The first-order chi connectivity index (χ1) is 12.7. The molecule has 0 amide bonds. The van der Waals surface area contributed by atoms with Gasteiger partial charge in [0.15, 0.2) is 0 Å². The summed E-state index contributed by atoms with van der Waals surface area (Å²) in [5.41, 5.74) is 0.342. The lowest BCUT2D eigenvalue weighted by Gasteiger charge is -2.45. The average molecular weight is 388 g/mol. The molecule has 1 unspecified atom stereocenters. The summed E-state index contributed by atoms with van der Waals surface area (Å²) in [5, 5.41) is 10.4. The van der Waals surface area contributed by atoms with E-state index in [9.17, 15) is 9.90 Å². The Bertz CT molecular complexity index is 711. The third-order valence-corrected chi connectivity index (χ3v) is 5.97. The van der Waals surface area contributed by atoms with E-state index in [0.29, 0.717) is 5.92 Å². The van der Waals surface area contributed by atoms with Gasteiger partial charge < -0.3 is 22.3 Å². The molecule has 0 spiro atoms. The SMILES string of the molecule is O=C(OC1CN2CCC1CC2)C(CO)(c1ccccc1)c1ccccc1.[Cl-].[H+]. The van der Waals surface area contributed by atoms with Crippen molar-refractivity contribution < 1.29 is 28.5 Å². The minimum atomic E-state index is -1.19. The lowest BCUT2D eigenvalue weighted by molar-refractivity contribution is -0.165. The Balaban J connectivity index is 0.00000140. The molecule has 27 heavy (non-hydrogen) atoms. The van der Waals surface area contributed by atoms with Gasteiger partial charge in [0.1, 0.15) is 11.5 Å². The van der Waals surface area contributed by atoms with Gasteiger partial charge in [0.2, 0.25) is 0 Å². The van der Waals surface area contributed by atoms with Crippen molar-refractivity contribution in [2.75, 3.05) is 26.2 Å². The summed E-state index contributed by atoms with van der Waals surface area (Å²) in [6, 6.07) is 19.0. The van der Waals surface area contributed by atoms with Crippen LogP contribution in [0.1, 0.15) is 25.4 Å². The van der Waals surface area contributed by atoms with Crippen LogP contribution in [0.15, 0.2) is 60.7 Å². The van der Waals surface area contributed by atoms with E-state index in [1.165, 1.54) is 0 Å². The van der Waals surface area contributed by atoms with Crippen molar-refractivity contribution in [1.82, 2.24) is 4.90 Å². The fourth-order valence-corrected chi connectivity index (χ4v) is 4.38. The van der Waals surface area contributed by atoms with Gasteiger partial charge in [0.25, 0.3) is 0 Å². The molecule has 3 aliphatic heterocycles. The lowest BCUT2D eigenvalue weighted by Crippen LogP contribution is -3.00. The number of esters is 1. The maximum atomic E-state index is 13.4. The van der Waals surface area contributed by atoms with Crippen LogP contribution >= 0.6 is 0 Å². The van der Waals surface area contributed by atoms with Crippen LogP contribution in [0.3, 0.4) is 0 Å². The van der Waals surface area contributed by atoms with Crippen LogP contribution in [0, 0.1) is 5.92 Å². The number of ether oxygens (including phenoxy) is 1. The summed E-state index contributed by atoms with van der Waals surface area (Å²) in [4.78, 5) is 15.8. The first-order valence-electron chi connectivity index (χ1n) is 9.39. The molecule has 5 rings (SSSR count). The molecular formula is C22H26ClNO3. The van der Waals surface area contributed by atoms with E-state index in [1.54, 1.807) is 0 Å². The Labute approximate surface area is 168 Å². The number of hydrogen-bond donors (Lipinski definition) is 1. The van der Waals surface area contributed by atoms with Crippen molar-refractivity contribution in [3.63, 3.8) is 0 Å². The van der Waals surface area contributed by atoms with Gasteiger partial charge in [-0.05, 0) is 43.0 Å². The second-order valence-corrected chi connectivity index (χ2v) is 7.38. The highest BCUT2D eigenvalue weighted by Crippen LogP contribution is 2.36. The Morgan fingerprint density at radius 1 is 1.04 bits per heavy atom. The second kappa shape index (κ2) is 8.42. The number of nitrogens with zero attached hydrogens (tertiary/aromatic N) is 1. The van der Waals surface area contributed by atoms with Crippen LogP contribution in [0.4, 0.5) is 0 Å². The molecule has 0 aliphatic carbocycles. The van der Waals surface area contributed by atoms with Crippen LogP contribution in [-0.4, -0.2) is 48.3 Å². The fraction of sp³-hybridized carbons (Fsp3) is 0.409. The van der Waals surface area contributed by atoms with Crippen molar-refractivity contribution in [1.29, 1.82) is 0 Å². The third-order valence-electron chi connectivity index (χ3n) is 5.97. The van der Waals surface area contributed by atoms with Gasteiger partial charge in [-0.15, -0.1) is 0 Å². The highest BCUT2D eigenvalue weighted by atomic mass is 35.5. The minimum absolute atomic E-state index is 0. The maximum absolute atomic E-state index is 13.4. The standard InChI is InChI=1S/C22H25NO3.ClH/c24-16-22(18-7-3-1-4-8-18,19-9-5-2-6-10-19)21(25)26-20-15-23-13-11-17(20)12-14-23;/h1-10,17,20,24H,11-16H2;1H. The molecule has 144 valence electrons. The quantitative estimate of drug-likeness (QED) is 0.717. The van der Waals surface area contributed by atoms with Crippen molar-refractivity contribution in [2.45, 2.75) is 24.4 Å². The average Bonchev–Trinajstić information content (AvgIpc) is 2.72. The number of carbonyl (C=O) groups excluding carboxylic acids is 1. The number of rotatable bonds is 5. The zero-order chi connectivity index (χ0) is 18.0. The zero-order valence-corrected chi connectivity index (χ0v) is 16.0.